The zero-order valence-electron chi connectivity index (χ0n) is 11.9. The Kier molecular flexibility index (Phi) is 5.24. The number of ether oxygens (including phenoxy) is 1. The fourth-order valence-corrected chi connectivity index (χ4v) is 2.52. The third kappa shape index (κ3) is 4.69. The van der Waals surface area contributed by atoms with E-state index < -0.39 is 17.8 Å². The molecule has 0 amide bonds. The maximum atomic E-state index is 12.7. The van der Waals surface area contributed by atoms with Crippen LogP contribution in [0, 0.1) is 0 Å². The van der Waals surface area contributed by atoms with E-state index in [1.807, 2.05) is 11.8 Å². The summed E-state index contributed by atoms with van der Waals surface area (Å²) in [4.78, 5) is 2.03. The molecule has 1 fully saturated rings. The van der Waals surface area contributed by atoms with Crippen LogP contribution in [-0.4, -0.2) is 42.4 Å². The van der Waals surface area contributed by atoms with Crippen molar-refractivity contribution in [3.05, 3.63) is 35.4 Å². The summed E-state index contributed by atoms with van der Waals surface area (Å²) in [5.74, 6) is 0. The minimum absolute atomic E-state index is 0.0706. The lowest BCUT2D eigenvalue weighted by Gasteiger charge is -2.25. The molecule has 118 valence electrons. The van der Waals surface area contributed by atoms with Crippen LogP contribution in [0.15, 0.2) is 24.3 Å². The lowest BCUT2D eigenvalue weighted by Crippen LogP contribution is -2.33. The van der Waals surface area contributed by atoms with E-state index >= 15 is 0 Å². The predicted molar refractivity (Wildman–Crippen MR) is 72.9 cm³/mol. The molecule has 0 saturated carbocycles. The quantitative estimate of drug-likeness (QED) is 0.932. The molecule has 1 saturated heterocycles. The molecule has 2 rings (SSSR count). The van der Waals surface area contributed by atoms with Gasteiger partial charge >= 0.3 is 6.18 Å². The molecular formula is C15H20F3NO2. The van der Waals surface area contributed by atoms with E-state index in [9.17, 15) is 18.3 Å². The smallest absolute Gasteiger partial charge is 0.387 e. The Bertz CT molecular complexity index is 464. The normalized spacial score (nSPS) is 22.8. The fourth-order valence-electron chi connectivity index (χ4n) is 2.52. The molecule has 1 aliphatic heterocycles. The van der Waals surface area contributed by atoms with E-state index in [4.69, 9.17) is 4.74 Å². The molecular weight excluding hydrogens is 283 g/mol. The second-order valence-electron chi connectivity index (χ2n) is 5.43. The zero-order chi connectivity index (χ0) is 15.5. The molecule has 2 unspecified atom stereocenters. The van der Waals surface area contributed by atoms with Crippen LogP contribution < -0.4 is 0 Å². The van der Waals surface area contributed by atoms with Crippen LogP contribution in [0.25, 0.3) is 0 Å². The highest BCUT2D eigenvalue weighted by Gasteiger charge is 2.31. The lowest BCUT2D eigenvalue weighted by atomic mass is 10.1. The van der Waals surface area contributed by atoms with Crippen molar-refractivity contribution in [3.63, 3.8) is 0 Å². The number of benzene rings is 1. The first-order chi connectivity index (χ1) is 9.86. The average molecular weight is 303 g/mol. The highest BCUT2D eigenvalue weighted by atomic mass is 19.4. The Morgan fingerprint density at radius 1 is 1.43 bits per heavy atom. The number of alkyl halides is 3. The molecule has 0 radical (unpaired) electrons. The number of halogens is 3. The van der Waals surface area contributed by atoms with Crippen LogP contribution in [0.2, 0.25) is 0 Å². The van der Waals surface area contributed by atoms with E-state index in [-0.39, 0.29) is 6.10 Å². The van der Waals surface area contributed by atoms with E-state index in [0.29, 0.717) is 25.3 Å². The van der Waals surface area contributed by atoms with Crippen LogP contribution in [0.1, 0.15) is 30.6 Å². The van der Waals surface area contributed by atoms with Crippen molar-refractivity contribution in [2.75, 3.05) is 26.2 Å². The van der Waals surface area contributed by atoms with Crippen LogP contribution >= 0.6 is 0 Å². The molecule has 1 aromatic rings. The van der Waals surface area contributed by atoms with E-state index in [1.54, 1.807) is 0 Å². The van der Waals surface area contributed by atoms with Gasteiger partial charge in [-0.15, -0.1) is 0 Å². The molecule has 21 heavy (non-hydrogen) atoms. The number of hydrogen-bond donors (Lipinski definition) is 1. The number of aliphatic hydroxyl groups is 1. The first-order valence-corrected chi connectivity index (χ1v) is 7.05. The third-order valence-corrected chi connectivity index (χ3v) is 3.57. The number of β-amino-alcohol motifs (C(OH)–C–C–N with tert-alkyl or cyclic N) is 1. The lowest BCUT2D eigenvalue weighted by molar-refractivity contribution is -0.137. The average Bonchev–Trinajstić information content (AvgIpc) is 2.62. The van der Waals surface area contributed by atoms with E-state index in [0.717, 1.165) is 25.1 Å². The molecule has 1 aliphatic rings. The standard InChI is InChI=1S/C15H20F3NO2/c1-11-9-19(6-3-7-21-11)10-14(20)12-4-2-5-13(8-12)15(16,17)18/h2,4-5,8,11,14,20H,3,6-7,9-10H2,1H3. The summed E-state index contributed by atoms with van der Waals surface area (Å²) >= 11 is 0. The predicted octanol–water partition coefficient (Wildman–Crippen LogP) is 2.85. The number of aliphatic hydroxyl groups excluding tert-OH is 1. The van der Waals surface area contributed by atoms with Gasteiger partial charge in [-0.05, 0) is 31.0 Å². The Balaban J connectivity index is 2.04. The molecule has 2 atom stereocenters. The summed E-state index contributed by atoms with van der Waals surface area (Å²) in [7, 11) is 0. The fraction of sp³-hybridized carbons (Fsp3) is 0.600. The number of nitrogens with zero attached hydrogens (tertiary/aromatic N) is 1. The van der Waals surface area contributed by atoms with Crippen molar-refractivity contribution in [3.8, 4) is 0 Å². The third-order valence-electron chi connectivity index (χ3n) is 3.57. The SMILES string of the molecule is CC1CN(CC(O)c2cccc(C(F)(F)F)c2)CCCO1. The highest BCUT2D eigenvalue weighted by molar-refractivity contribution is 5.27. The van der Waals surface area contributed by atoms with Gasteiger partial charge in [0.2, 0.25) is 0 Å². The second kappa shape index (κ2) is 6.77. The Hall–Kier alpha value is -1.11. The summed E-state index contributed by atoms with van der Waals surface area (Å²) in [6, 6.07) is 4.88. The maximum Gasteiger partial charge on any atom is 0.416 e. The molecule has 1 heterocycles. The highest BCUT2D eigenvalue weighted by Crippen LogP contribution is 2.31. The van der Waals surface area contributed by atoms with Crippen molar-refractivity contribution in [1.82, 2.24) is 4.90 Å². The van der Waals surface area contributed by atoms with Crippen molar-refractivity contribution >= 4 is 0 Å². The van der Waals surface area contributed by atoms with Crippen LogP contribution in [-0.2, 0) is 10.9 Å². The number of hydrogen-bond acceptors (Lipinski definition) is 3. The van der Waals surface area contributed by atoms with Gasteiger partial charge in [0.15, 0.2) is 0 Å². The van der Waals surface area contributed by atoms with Crippen molar-refractivity contribution in [1.29, 1.82) is 0 Å². The van der Waals surface area contributed by atoms with Gasteiger partial charge in [-0.1, -0.05) is 12.1 Å². The van der Waals surface area contributed by atoms with E-state index in [2.05, 4.69) is 0 Å². The van der Waals surface area contributed by atoms with Crippen LogP contribution in [0.4, 0.5) is 13.2 Å². The van der Waals surface area contributed by atoms with Gasteiger partial charge in [0, 0.05) is 26.2 Å². The molecule has 0 aromatic heterocycles. The van der Waals surface area contributed by atoms with Crippen molar-refractivity contribution in [2.45, 2.75) is 31.7 Å². The van der Waals surface area contributed by atoms with Crippen LogP contribution in [0.3, 0.4) is 0 Å². The topological polar surface area (TPSA) is 32.7 Å². The maximum absolute atomic E-state index is 12.7. The van der Waals surface area contributed by atoms with E-state index in [1.165, 1.54) is 12.1 Å². The van der Waals surface area contributed by atoms with Gasteiger partial charge in [0.25, 0.3) is 0 Å². The van der Waals surface area contributed by atoms with Crippen LogP contribution in [0.5, 0.6) is 0 Å². The van der Waals surface area contributed by atoms with Crippen molar-refractivity contribution in [2.24, 2.45) is 0 Å². The number of rotatable bonds is 3. The van der Waals surface area contributed by atoms with Gasteiger partial charge in [0.1, 0.15) is 0 Å². The first-order valence-electron chi connectivity index (χ1n) is 7.05. The first kappa shape index (κ1) is 16.3. The second-order valence-corrected chi connectivity index (χ2v) is 5.43. The summed E-state index contributed by atoms with van der Waals surface area (Å²) in [6.07, 6.45) is -4.39. The molecule has 0 aliphatic carbocycles. The van der Waals surface area contributed by atoms with Crippen molar-refractivity contribution < 1.29 is 23.0 Å². The Labute approximate surface area is 122 Å². The summed E-state index contributed by atoms with van der Waals surface area (Å²) in [5.41, 5.74) is -0.436. The zero-order valence-corrected chi connectivity index (χ0v) is 11.9. The van der Waals surface area contributed by atoms with Gasteiger partial charge in [-0.2, -0.15) is 13.2 Å². The molecule has 6 heteroatoms. The molecule has 3 nitrogen and oxygen atoms in total. The van der Waals surface area contributed by atoms with Gasteiger partial charge in [-0.25, -0.2) is 0 Å². The summed E-state index contributed by atoms with van der Waals surface area (Å²) < 4.78 is 43.6. The summed E-state index contributed by atoms with van der Waals surface area (Å²) in [5, 5.41) is 10.2. The van der Waals surface area contributed by atoms with Gasteiger partial charge < -0.3 is 9.84 Å². The summed E-state index contributed by atoms with van der Waals surface area (Å²) in [6.45, 7) is 4.40. The Morgan fingerprint density at radius 3 is 2.90 bits per heavy atom. The Morgan fingerprint density at radius 2 is 2.19 bits per heavy atom. The molecule has 1 aromatic carbocycles. The minimum atomic E-state index is -4.39. The molecule has 0 bridgehead atoms. The minimum Gasteiger partial charge on any atom is -0.387 e. The largest absolute Gasteiger partial charge is 0.416 e. The monoisotopic (exact) mass is 303 g/mol. The van der Waals surface area contributed by atoms with Gasteiger partial charge in [0.05, 0.1) is 17.8 Å². The molecule has 0 spiro atoms. The van der Waals surface area contributed by atoms with Gasteiger partial charge in [-0.3, -0.25) is 4.90 Å². The molecule has 1 N–H and O–H groups in total.